The lowest BCUT2D eigenvalue weighted by Crippen LogP contribution is -2.33. The molecule has 0 aliphatic carbocycles. The maximum atomic E-state index is 10.9. The fourth-order valence-corrected chi connectivity index (χ4v) is 2.59. The zero-order valence-electron chi connectivity index (χ0n) is 10.4. The summed E-state index contributed by atoms with van der Waals surface area (Å²) in [6, 6.07) is 5.51. The van der Waals surface area contributed by atoms with Gasteiger partial charge >= 0.3 is 0 Å². The van der Waals surface area contributed by atoms with Crippen molar-refractivity contribution in [1.82, 2.24) is 4.90 Å². The van der Waals surface area contributed by atoms with Crippen LogP contribution in [0.4, 0.5) is 0 Å². The lowest BCUT2D eigenvalue weighted by atomic mass is 10.1. The maximum Gasteiger partial charge on any atom is 0.153 e. The van der Waals surface area contributed by atoms with Crippen molar-refractivity contribution in [1.29, 1.82) is 0 Å². The summed E-state index contributed by atoms with van der Waals surface area (Å²) in [5.74, 6) is 0.671. The molecule has 4 heteroatoms. The minimum absolute atomic E-state index is 0.600. The third kappa shape index (κ3) is 3.82. The normalized spacial score (nSPS) is 16.5. The Morgan fingerprint density at radius 1 is 1.28 bits per heavy atom. The topological polar surface area (TPSA) is 29.5 Å². The molecule has 0 bridgehead atoms. The molecule has 1 aliphatic rings. The number of nitrogens with zero attached hydrogens (tertiary/aromatic N) is 1. The van der Waals surface area contributed by atoms with Crippen molar-refractivity contribution < 1.29 is 9.53 Å². The van der Waals surface area contributed by atoms with Crippen molar-refractivity contribution in [3.63, 3.8) is 0 Å². The van der Waals surface area contributed by atoms with Crippen molar-refractivity contribution in [2.45, 2.75) is 19.3 Å². The highest BCUT2D eigenvalue weighted by Gasteiger charge is 2.10. The monoisotopic (exact) mass is 311 g/mol. The Balaban J connectivity index is 1.84. The Kier molecular flexibility index (Phi) is 5.20. The predicted molar refractivity (Wildman–Crippen MR) is 75.3 cm³/mol. The zero-order chi connectivity index (χ0) is 12.8. The predicted octanol–water partition coefficient (Wildman–Crippen LogP) is 3.13. The van der Waals surface area contributed by atoms with Crippen LogP contribution in [0.25, 0.3) is 0 Å². The molecule has 18 heavy (non-hydrogen) atoms. The second-order valence-corrected chi connectivity index (χ2v) is 5.47. The number of carbonyl (C=O) groups excluding carboxylic acids is 1. The average molecular weight is 312 g/mol. The van der Waals surface area contributed by atoms with E-state index in [4.69, 9.17) is 4.74 Å². The summed E-state index contributed by atoms with van der Waals surface area (Å²) in [4.78, 5) is 13.4. The standard InChI is InChI=1S/C14H18BrNO2/c15-13-4-5-14(12(10-13)11-17)18-9-8-16-6-2-1-3-7-16/h4-5,10-11H,1-3,6-9H2. The van der Waals surface area contributed by atoms with E-state index < -0.39 is 0 Å². The minimum Gasteiger partial charge on any atom is -0.492 e. The van der Waals surface area contributed by atoms with Gasteiger partial charge in [-0.25, -0.2) is 0 Å². The van der Waals surface area contributed by atoms with E-state index in [0.29, 0.717) is 17.9 Å². The van der Waals surface area contributed by atoms with Crippen molar-refractivity contribution >= 4 is 22.2 Å². The van der Waals surface area contributed by atoms with Gasteiger partial charge in [-0.3, -0.25) is 9.69 Å². The van der Waals surface area contributed by atoms with Crippen LogP contribution in [0.3, 0.4) is 0 Å². The summed E-state index contributed by atoms with van der Waals surface area (Å²) in [5, 5.41) is 0. The van der Waals surface area contributed by atoms with Crippen LogP contribution in [0.5, 0.6) is 5.75 Å². The number of rotatable bonds is 5. The van der Waals surface area contributed by atoms with Crippen LogP contribution in [-0.2, 0) is 0 Å². The molecule has 98 valence electrons. The van der Waals surface area contributed by atoms with Crippen molar-refractivity contribution in [2.24, 2.45) is 0 Å². The third-order valence-corrected chi connectivity index (χ3v) is 3.71. The highest BCUT2D eigenvalue weighted by atomic mass is 79.9. The molecule has 0 unspecified atom stereocenters. The zero-order valence-corrected chi connectivity index (χ0v) is 12.0. The second kappa shape index (κ2) is 6.90. The van der Waals surface area contributed by atoms with Crippen LogP contribution in [0.15, 0.2) is 22.7 Å². The molecule has 0 saturated carbocycles. The molecule has 1 aromatic carbocycles. The maximum absolute atomic E-state index is 10.9. The van der Waals surface area contributed by atoms with Gasteiger partial charge in [-0.05, 0) is 44.1 Å². The van der Waals surface area contributed by atoms with Gasteiger partial charge < -0.3 is 4.74 Å². The molecule has 0 N–H and O–H groups in total. The van der Waals surface area contributed by atoms with Crippen molar-refractivity contribution in [3.05, 3.63) is 28.2 Å². The fraction of sp³-hybridized carbons (Fsp3) is 0.500. The van der Waals surface area contributed by atoms with Gasteiger partial charge in [0.2, 0.25) is 0 Å². The average Bonchev–Trinajstić information content (AvgIpc) is 2.41. The number of piperidine rings is 1. The summed E-state index contributed by atoms with van der Waals surface area (Å²) < 4.78 is 6.59. The highest BCUT2D eigenvalue weighted by Crippen LogP contribution is 2.21. The van der Waals surface area contributed by atoms with E-state index in [0.717, 1.165) is 17.3 Å². The second-order valence-electron chi connectivity index (χ2n) is 4.55. The molecule has 1 aliphatic heterocycles. The van der Waals surface area contributed by atoms with Gasteiger partial charge in [0.05, 0.1) is 5.56 Å². The molecule has 0 radical (unpaired) electrons. The summed E-state index contributed by atoms with van der Waals surface area (Å²) >= 11 is 3.35. The van der Waals surface area contributed by atoms with Gasteiger partial charge in [-0.2, -0.15) is 0 Å². The van der Waals surface area contributed by atoms with E-state index in [1.807, 2.05) is 12.1 Å². The van der Waals surface area contributed by atoms with Crippen molar-refractivity contribution in [2.75, 3.05) is 26.2 Å². The number of carbonyl (C=O) groups is 1. The van der Waals surface area contributed by atoms with Crippen LogP contribution in [-0.4, -0.2) is 37.4 Å². The lowest BCUT2D eigenvalue weighted by molar-refractivity contribution is 0.111. The lowest BCUT2D eigenvalue weighted by Gasteiger charge is -2.26. The quantitative estimate of drug-likeness (QED) is 0.782. The van der Waals surface area contributed by atoms with Gasteiger partial charge in [-0.15, -0.1) is 0 Å². The number of likely N-dealkylation sites (tertiary alicyclic amines) is 1. The number of aldehydes is 1. The number of hydrogen-bond donors (Lipinski definition) is 0. The van der Waals surface area contributed by atoms with Gasteiger partial charge in [0.15, 0.2) is 6.29 Å². The Morgan fingerprint density at radius 2 is 2.06 bits per heavy atom. The largest absolute Gasteiger partial charge is 0.492 e. The first-order chi connectivity index (χ1) is 8.79. The van der Waals surface area contributed by atoms with E-state index >= 15 is 0 Å². The summed E-state index contributed by atoms with van der Waals surface area (Å²) in [6.07, 6.45) is 4.76. The van der Waals surface area contributed by atoms with Gasteiger partial charge in [0, 0.05) is 11.0 Å². The number of benzene rings is 1. The van der Waals surface area contributed by atoms with E-state index in [-0.39, 0.29) is 0 Å². The van der Waals surface area contributed by atoms with E-state index in [9.17, 15) is 4.79 Å². The number of halogens is 1. The first kappa shape index (κ1) is 13.6. The fourth-order valence-electron chi connectivity index (χ4n) is 2.21. The van der Waals surface area contributed by atoms with E-state index in [2.05, 4.69) is 20.8 Å². The molecule has 1 heterocycles. The molecule has 1 fully saturated rings. The Labute approximate surface area is 116 Å². The summed E-state index contributed by atoms with van der Waals surface area (Å²) in [5.41, 5.74) is 0.600. The van der Waals surface area contributed by atoms with Crippen LogP contribution in [0.1, 0.15) is 29.6 Å². The first-order valence-corrected chi connectivity index (χ1v) is 7.19. The van der Waals surface area contributed by atoms with Crippen LogP contribution in [0, 0.1) is 0 Å². The van der Waals surface area contributed by atoms with Crippen LogP contribution >= 0.6 is 15.9 Å². The van der Waals surface area contributed by atoms with E-state index in [1.165, 1.54) is 32.4 Å². The van der Waals surface area contributed by atoms with Gasteiger partial charge in [-0.1, -0.05) is 22.4 Å². The minimum atomic E-state index is 0.600. The molecule has 0 amide bonds. The Bertz CT molecular complexity index is 403. The third-order valence-electron chi connectivity index (χ3n) is 3.21. The molecular formula is C14H18BrNO2. The first-order valence-electron chi connectivity index (χ1n) is 6.39. The van der Waals surface area contributed by atoms with Gasteiger partial charge in [0.1, 0.15) is 12.4 Å². The molecular weight excluding hydrogens is 294 g/mol. The molecule has 1 saturated heterocycles. The van der Waals surface area contributed by atoms with Crippen LogP contribution < -0.4 is 4.74 Å². The molecule has 2 rings (SSSR count). The molecule has 0 spiro atoms. The highest BCUT2D eigenvalue weighted by molar-refractivity contribution is 9.10. The number of hydrogen-bond acceptors (Lipinski definition) is 3. The molecule has 0 atom stereocenters. The number of ether oxygens (including phenoxy) is 1. The smallest absolute Gasteiger partial charge is 0.153 e. The SMILES string of the molecule is O=Cc1cc(Br)ccc1OCCN1CCCCC1. The summed E-state index contributed by atoms with van der Waals surface area (Å²) in [6.45, 7) is 3.92. The molecule has 0 aromatic heterocycles. The Morgan fingerprint density at radius 3 is 2.78 bits per heavy atom. The summed E-state index contributed by atoms with van der Waals surface area (Å²) in [7, 11) is 0. The van der Waals surface area contributed by atoms with Crippen LogP contribution in [0.2, 0.25) is 0 Å². The van der Waals surface area contributed by atoms with Gasteiger partial charge in [0.25, 0.3) is 0 Å². The molecule has 3 nitrogen and oxygen atoms in total. The van der Waals surface area contributed by atoms with Crippen molar-refractivity contribution in [3.8, 4) is 5.75 Å². The Hall–Kier alpha value is -0.870. The van der Waals surface area contributed by atoms with E-state index in [1.54, 1.807) is 6.07 Å². The molecule has 1 aromatic rings.